The number of hydrogen-bond donors (Lipinski definition) is 1. The maximum Gasteiger partial charge on any atom is 0.281 e. The average molecular weight is 567 g/mol. The SMILES string of the molecule is Cc1cc(S(=O)(=O)N2CCC(c3nc4c(nnn4Cc4ccccc4Cl)c(=O)[nH]3)CC2)ccc1-n1cnnn1. The number of H-pyrrole nitrogens is 1. The van der Waals surface area contributed by atoms with Crippen LogP contribution in [0.2, 0.25) is 5.02 Å². The van der Waals surface area contributed by atoms with Crippen LogP contribution < -0.4 is 5.56 Å². The fourth-order valence-electron chi connectivity index (χ4n) is 4.81. The molecule has 0 atom stereocenters. The minimum Gasteiger partial charge on any atom is -0.308 e. The number of tetrazole rings is 1. The molecule has 1 fully saturated rings. The van der Waals surface area contributed by atoms with Crippen molar-refractivity contribution in [2.75, 3.05) is 13.1 Å². The maximum atomic E-state index is 13.4. The number of halogens is 1. The van der Waals surface area contributed by atoms with E-state index in [2.05, 4.69) is 35.8 Å². The minimum atomic E-state index is -3.71. The summed E-state index contributed by atoms with van der Waals surface area (Å²) in [6, 6.07) is 12.2. The fraction of sp³-hybridized carbons (Fsp3) is 0.292. The van der Waals surface area contributed by atoms with Crippen LogP contribution in [0, 0.1) is 6.92 Å². The summed E-state index contributed by atoms with van der Waals surface area (Å²) in [6.07, 6.45) is 2.46. The lowest BCUT2D eigenvalue weighted by molar-refractivity contribution is 0.313. The summed E-state index contributed by atoms with van der Waals surface area (Å²) in [7, 11) is -3.71. The van der Waals surface area contributed by atoms with E-state index in [1.54, 1.807) is 28.9 Å². The van der Waals surface area contributed by atoms with Gasteiger partial charge < -0.3 is 4.98 Å². The van der Waals surface area contributed by atoms with Gasteiger partial charge in [0.1, 0.15) is 12.2 Å². The molecule has 0 saturated carbocycles. The maximum absolute atomic E-state index is 13.4. The number of benzene rings is 2. The topological polar surface area (TPSA) is 157 Å². The molecule has 0 radical (unpaired) electrons. The summed E-state index contributed by atoms with van der Waals surface area (Å²) in [6.45, 7) is 2.71. The zero-order valence-corrected chi connectivity index (χ0v) is 22.3. The standard InChI is InChI=1S/C24H23ClN10O3S/c1-15-12-18(6-7-20(15)35-14-26-30-32-35)39(37,38)33-10-8-16(9-11-33)22-27-23-21(24(36)28-22)29-31-34(23)13-17-4-2-3-5-19(17)25/h2-7,12,14,16H,8-11,13H2,1H3,(H,27,28,36). The highest BCUT2D eigenvalue weighted by atomic mass is 35.5. The third kappa shape index (κ3) is 4.70. The van der Waals surface area contributed by atoms with E-state index in [0.29, 0.717) is 54.7 Å². The molecule has 1 aliphatic rings. The van der Waals surface area contributed by atoms with Crippen molar-refractivity contribution in [3.05, 3.63) is 81.1 Å². The van der Waals surface area contributed by atoms with Gasteiger partial charge in [-0.3, -0.25) is 4.79 Å². The predicted molar refractivity (Wildman–Crippen MR) is 141 cm³/mol. The molecule has 0 aliphatic carbocycles. The van der Waals surface area contributed by atoms with Crippen molar-refractivity contribution in [3.63, 3.8) is 0 Å². The molecule has 15 heteroatoms. The van der Waals surface area contributed by atoms with E-state index in [1.807, 2.05) is 25.1 Å². The minimum absolute atomic E-state index is 0.124. The molecule has 3 aromatic heterocycles. The van der Waals surface area contributed by atoms with Gasteiger partial charge in [-0.25, -0.2) is 22.8 Å². The summed E-state index contributed by atoms with van der Waals surface area (Å²) in [5.41, 5.74) is 2.39. The molecule has 2 aromatic carbocycles. The Bertz CT molecular complexity index is 1830. The van der Waals surface area contributed by atoms with E-state index < -0.39 is 10.0 Å². The van der Waals surface area contributed by atoms with Crippen molar-refractivity contribution in [2.45, 2.75) is 37.1 Å². The molecule has 1 aliphatic heterocycles. The van der Waals surface area contributed by atoms with Crippen LogP contribution in [0.4, 0.5) is 0 Å². The van der Waals surface area contributed by atoms with E-state index in [0.717, 1.165) is 11.1 Å². The third-order valence-corrected chi connectivity index (χ3v) is 9.18. The zero-order valence-electron chi connectivity index (χ0n) is 20.8. The Morgan fingerprint density at radius 1 is 1.10 bits per heavy atom. The van der Waals surface area contributed by atoms with Crippen molar-refractivity contribution >= 4 is 32.8 Å². The van der Waals surface area contributed by atoms with E-state index >= 15 is 0 Å². The lowest BCUT2D eigenvalue weighted by Crippen LogP contribution is -2.38. The van der Waals surface area contributed by atoms with Gasteiger partial charge in [0.15, 0.2) is 11.2 Å². The highest BCUT2D eigenvalue weighted by Gasteiger charge is 2.31. The Kier molecular flexibility index (Phi) is 6.45. The van der Waals surface area contributed by atoms with Gasteiger partial charge >= 0.3 is 0 Å². The number of nitrogens with zero attached hydrogens (tertiary/aromatic N) is 9. The first kappa shape index (κ1) is 25.3. The van der Waals surface area contributed by atoms with Crippen LogP contribution >= 0.6 is 11.6 Å². The second kappa shape index (κ2) is 9.94. The first-order valence-electron chi connectivity index (χ1n) is 12.2. The lowest BCUT2D eigenvalue weighted by atomic mass is 9.97. The van der Waals surface area contributed by atoms with Crippen molar-refractivity contribution in [2.24, 2.45) is 0 Å². The average Bonchev–Trinajstić information content (AvgIpc) is 3.61. The van der Waals surface area contributed by atoms with Crippen LogP contribution in [0.25, 0.3) is 16.9 Å². The predicted octanol–water partition coefficient (Wildman–Crippen LogP) is 2.07. The summed E-state index contributed by atoms with van der Waals surface area (Å²) in [5, 5.41) is 19.8. The Balaban J connectivity index is 1.21. The summed E-state index contributed by atoms with van der Waals surface area (Å²) >= 11 is 6.30. The number of hydrogen-bond acceptors (Lipinski definition) is 9. The Hall–Kier alpha value is -4.01. The summed E-state index contributed by atoms with van der Waals surface area (Å²) in [4.78, 5) is 20.5. The molecule has 0 bridgehead atoms. The van der Waals surface area contributed by atoms with Crippen LogP contribution in [0.5, 0.6) is 0 Å². The molecule has 6 rings (SSSR count). The molecular formula is C24H23ClN10O3S. The van der Waals surface area contributed by atoms with Crippen LogP contribution in [0.1, 0.15) is 35.7 Å². The van der Waals surface area contributed by atoms with E-state index in [1.165, 1.54) is 15.3 Å². The van der Waals surface area contributed by atoms with Crippen molar-refractivity contribution in [3.8, 4) is 5.69 Å². The third-order valence-electron chi connectivity index (χ3n) is 6.91. The Morgan fingerprint density at radius 3 is 2.62 bits per heavy atom. The van der Waals surface area contributed by atoms with E-state index in [9.17, 15) is 13.2 Å². The second-order valence-electron chi connectivity index (χ2n) is 9.34. The first-order valence-corrected chi connectivity index (χ1v) is 14.0. The Labute approximate surface area is 227 Å². The molecule has 0 amide bonds. The molecule has 5 aromatic rings. The summed E-state index contributed by atoms with van der Waals surface area (Å²) in [5.74, 6) is 0.370. The number of rotatable bonds is 6. The number of nitrogens with one attached hydrogen (secondary N) is 1. The molecule has 0 spiro atoms. The van der Waals surface area contributed by atoms with Gasteiger partial charge in [0.2, 0.25) is 10.0 Å². The number of aromatic nitrogens is 9. The van der Waals surface area contributed by atoms with Gasteiger partial charge in [0, 0.05) is 24.0 Å². The fourth-order valence-corrected chi connectivity index (χ4v) is 6.56. The molecule has 39 heavy (non-hydrogen) atoms. The lowest BCUT2D eigenvalue weighted by Gasteiger charge is -2.30. The molecule has 0 unspecified atom stereocenters. The largest absolute Gasteiger partial charge is 0.308 e. The highest BCUT2D eigenvalue weighted by Crippen LogP contribution is 2.30. The summed E-state index contributed by atoms with van der Waals surface area (Å²) < 4.78 is 31.3. The Morgan fingerprint density at radius 2 is 1.90 bits per heavy atom. The first-order chi connectivity index (χ1) is 18.8. The monoisotopic (exact) mass is 566 g/mol. The van der Waals surface area contributed by atoms with Crippen molar-refractivity contribution < 1.29 is 8.42 Å². The van der Waals surface area contributed by atoms with Gasteiger partial charge in [0.25, 0.3) is 5.56 Å². The second-order valence-corrected chi connectivity index (χ2v) is 11.7. The van der Waals surface area contributed by atoms with Crippen LogP contribution in [0.3, 0.4) is 0 Å². The smallest absolute Gasteiger partial charge is 0.281 e. The molecule has 1 N–H and O–H groups in total. The van der Waals surface area contributed by atoms with Gasteiger partial charge in [-0.15, -0.1) is 10.2 Å². The molecule has 4 heterocycles. The number of aryl methyl sites for hydroxylation is 1. The quantitative estimate of drug-likeness (QED) is 0.325. The van der Waals surface area contributed by atoms with Gasteiger partial charge in [-0.2, -0.15) is 4.31 Å². The van der Waals surface area contributed by atoms with Crippen molar-refractivity contribution in [1.82, 2.24) is 49.5 Å². The van der Waals surface area contributed by atoms with Crippen LogP contribution in [-0.4, -0.2) is 71.0 Å². The van der Waals surface area contributed by atoms with Crippen LogP contribution in [0.15, 0.2) is 58.5 Å². The molecular weight excluding hydrogens is 544 g/mol. The van der Waals surface area contributed by atoms with Gasteiger partial charge in [0.05, 0.1) is 17.1 Å². The van der Waals surface area contributed by atoms with E-state index in [-0.39, 0.29) is 21.9 Å². The molecule has 1 saturated heterocycles. The number of aromatic amines is 1. The number of sulfonamides is 1. The van der Waals surface area contributed by atoms with E-state index in [4.69, 9.17) is 11.6 Å². The number of fused-ring (bicyclic) bond motifs is 1. The zero-order chi connectivity index (χ0) is 27.1. The molecule has 200 valence electrons. The highest BCUT2D eigenvalue weighted by molar-refractivity contribution is 7.89. The number of piperidine rings is 1. The van der Waals surface area contributed by atoms with Crippen molar-refractivity contribution in [1.29, 1.82) is 0 Å². The molecule has 13 nitrogen and oxygen atoms in total. The van der Waals surface area contributed by atoms with Crippen LogP contribution in [-0.2, 0) is 16.6 Å². The normalized spacial score (nSPS) is 15.2. The van der Waals surface area contributed by atoms with Gasteiger partial charge in [-0.1, -0.05) is 35.0 Å². The van der Waals surface area contributed by atoms with Gasteiger partial charge in [-0.05, 0) is 65.6 Å².